The summed E-state index contributed by atoms with van der Waals surface area (Å²) in [6.07, 6.45) is 0. The Balaban J connectivity index is 2.12. The van der Waals surface area contributed by atoms with E-state index in [9.17, 15) is 4.79 Å². The number of ether oxygens (including phenoxy) is 2. The molecule has 0 aliphatic carbocycles. The van der Waals surface area contributed by atoms with Crippen LogP contribution in [0.2, 0.25) is 0 Å². The number of nitrogens with zero attached hydrogens (tertiary/aromatic N) is 2. The van der Waals surface area contributed by atoms with Gasteiger partial charge in [0.2, 0.25) is 0 Å². The van der Waals surface area contributed by atoms with Gasteiger partial charge in [-0.2, -0.15) is 0 Å². The lowest BCUT2D eigenvalue weighted by atomic mass is 10.1. The first-order chi connectivity index (χ1) is 9.24. The molecule has 1 aromatic carbocycles. The van der Waals surface area contributed by atoms with Gasteiger partial charge in [0.25, 0.3) is 0 Å². The zero-order chi connectivity index (χ0) is 13.7. The number of rotatable bonds is 6. The highest BCUT2D eigenvalue weighted by atomic mass is 32.2. The smallest absolute Gasteiger partial charge is 0.177 e. The van der Waals surface area contributed by atoms with E-state index in [2.05, 4.69) is 10.2 Å². The number of hydrogen-bond acceptors (Lipinski definition) is 7. The number of aromatic nitrogens is 2. The summed E-state index contributed by atoms with van der Waals surface area (Å²) in [4.78, 5) is 12.2. The van der Waals surface area contributed by atoms with Crippen molar-refractivity contribution in [3.63, 3.8) is 0 Å². The predicted molar refractivity (Wildman–Crippen MR) is 74.5 cm³/mol. The molecular weight excluding hydrogens is 284 g/mol. The van der Waals surface area contributed by atoms with Gasteiger partial charge in [-0.25, -0.2) is 0 Å². The fourth-order valence-electron chi connectivity index (χ4n) is 1.46. The molecule has 0 N–H and O–H groups in total. The Labute approximate surface area is 119 Å². The van der Waals surface area contributed by atoms with Crippen LogP contribution >= 0.6 is 23.1 Å². The zero-order valence-electron chi connectivity index (χ0n) is 10.5. The molecule has 2 rings (SSSR count). The average Bonchev–Trinajstić information content (AvgIpc) is 2.97. The molecule has 0 saturated heterocycles. The Hall–Kier alpha value is -1.60. The molecule has 0 unspecified atom stereocenters. The monoisotopic (exact) mass is 296 g/mol. The van der Waals surface area contributed by atoms with E-state index in [1.807, 2.05) is 0 Å². The van der Waals surface area contributed by atoms with Crippen molar-refractivity contribution < 1.29 is 14.3 Å². The largest absolute Gasteiger partial charge is 0.497 e. The Bertz CT molecular complexity index is 558. The van der Waals surface area contributed by atoms with Crippen LogP contribution in [-0.4, -0.2) is 36.0 Å². The maximum absolute atomic E-state index is 12.2. The second-order valence-electron chi connectivity index (χ2n) is 3.48. The Morgan fingerprint density at radius 3 is 2.84 bits per heavy atom. The van der Waals surface area contributed by atoms with E-state index >= 15 is 0 Å². The van der Waals surface area contributed by atoms with Crippen LogP contribution in [-0.2, 0) is 0 Å². The molecule has 0 spiro atoms. The minimum atomic E-state index is -0.0315. The molecule has 0 bridgehead atoms. The van der Waals surface area contributed by atoms with Crippen molar-refractivity contribution in [2.45, 2.75) is 4.34 Å². The van der Waals surface area contributed by atoms with Crippen LogP contribution in [0.4, 0.5) is 0 Å². The number of methoxy groups -OCH3 is 2. The first-order valence-electron chi connectivity index (χ1n) is 5.38. The normalized spacial score (nSPS) is 10.2. The van der Waals surface area contributed by atoms with Gasteiger partial charge in [-0.15, -0.1) is 10.2 Å². The summed E-state index contributed by atoms with van der Waals surface area (Å²) < 4.78 is 11.1. The summed E-state index contributed by atoms with van der Waals surface area (Å²) in [6, 6.07) is 5.16. The Morgan fingerprint density at radius 2 is 2.21 bits per heavy atom. The molecule has 0 aliphatic rings. The van der Waals surface area contributed by atoms with E-state index in [-0.39, 0.29) is 5.78 Å². The lowest BCUT2D eigenvalue weighted by Crippen LogP contribution is -2.05. The molecule has 1 aromatic heterocycles. The minimum absolute atomic E-state index is 0.0315. The second kappa shape index (κ2) is 6.53. The third-order valence-electron chi connectivity index (χ3n) is 2.37. The Kier molecular flexibility index (Phi) is 4.75. The van der Waals surface area contributed by atoms with Crippen LogP contribution in [0.15, 0.2) is 28.0 Å². The molecule has 0 aliphatic heterocycles. The summed E-state index contributed by atoms with van der Waals surface area (Å²) in [7, 11) is 3.10. The van der Waals surface area contributed by atoms with Gasteiger partial charge in [0.1, 0.15) is 17.0 Å². The zero-order valence-corrected chi connectivity index (χ0v) is 12.1. The van der Waals surface area contributed by atoms with Gasteiger partial charge in [0.05, 0.1) is 25.5 Å². The summed E-state index contributed by atoms with van der Waals surface area (Å²) in [5.74, 6) is 1.43. The number of benzene rings is 1. The van der Waals surface area contributed by atoms with Gasteiger partial charge in [-0.05, 0) is 18.2 Å². The molecule has 2 aromatic rings. The van der Waals surface area contributed by atoms with Crippen LogP contribution in [0.25, 0.3) is 0 Å². The molecule has 0 atom stereocenters. The summed E-state index contributed by atoms with van der Waals surface area (Å²) in [5.41, 5.74) is 2.15. The van der Waals surface area contributed by atoms with Gasteiger partial charge in [0.15, 0.2) is 10.1 Å². The van der Waals surface area contributed by atoms with Gasteiger partial charge < -0.3 is 9.47 Å². The van der Waals surface area contributed by atoms with Crippen LogP contribution in [0.3, 0.4) is 0 Å². The number of ketones is 1. The van der Waals surface area contributed by atoms with Crippen molar-refractivity contribution in [2.24, 2.45) is 0 Å². The third kappa shape index (κ3) is 3.45. The molecule has 0 amide bonds. The number of hydrogen-bond donors (Lipinski definition) is 0. The van der Waals surface area contributed by atoms with Gasteiger partial charge in [-0.3, -0.25) is 4.79 Å². The SMILES string of the molecule is COc1ccc(OC)c(C(=O)CSc2nncs2)c1. The first-order valence-corrected chi connectivity index (χ1v) is 7.25. The van der Waals surface area contributed by atoms with Gasteiger partial charge in [0, 0.05) is 0 Å². The van der Waals surface area contributed by atoms with Gasteiger partial charge >= 0.3 is 0 Å². The highest BCUT2D eigenvalue weighted by Gasteiger charge is 2.14. The fraction of sp³-hybridized carbons (Fsp3) is 0.250. The molecule has 5 nitrogen and oxygen atoms in total. The van der Waals surface area contributed by atoms with Crippen LogP contribution in [0.5, 0.6) is 11.5 Å². The highest BCUT2D eigenvalue weighted by Crippen LogP contribution is 2.27. The molecule has 1 heterocycles. The lowest BCUT2D eigenvalue weighted by molar-refractivity contribution is 0.101. The molecule has 0 saturated carbocycles. The molecular formula is C12H12N2O3S2. The summed E-state index contributed by atoms with van der Waals surface area (Å²) >= 11 is 2.77. The number of carbonyl (C=O) groups is 1. The minimum Gasteiger partial charge on any atom is -0.497 e. The summed E-state index contributed by atoms with van der Waals surface area (Å²) in [6.45, 7) is 0. The maximum atomic E-state index is 12.2. The average molecular weight is 296 g/mol. The van der Waals surface area contributed by atoms with Crippen molar-refractivity contribution in [2.75, 3.05) is 20.0 Å². The molecule has 100 valence electrons. The van der Waals surface area contributed by atoms with E-state index in [1.165, 1.54) is 30.2 Å². The van der Waals surface area contributed by atoms with E-state index in [0.717, 1.165) is 4.34 Å². The molecule has 0 fully saturated rings. The molecule has 19 heavy (non-hydrogen) atoms. The van der Waals surface area contributed by atoms with E-state index in [0.29, 0.717) is 22.8 Å². The van der Waals surface area contributed by atoms with Crippen molar-refractivity contribution >= 4 is 28.9 Å². The number of thioether (sulfide) groups is 1. The van der Waals surface area contributed by atoms with Crippen molar-refractivity contribution in [1.82, 2.24) is 10.2 Å². The van der Waals surface area contributed by atoms with Crippen molar-refractivity contribution in [3.05, 3.63) is 29.3 Å². The van der Waals surface area contributed by atoms with Crippen LogP contribution in [0.1, 0.15) is 10.4 Å². The highest BCUT2D eigenvalue weighted by molar-refractivity contribution is 8.01. The summed E-state index contributed by atoms with van der Waals surface area (Å²) in [5, 5.41) is 7.61. The number of carbonyl (C=O) groups excluding carboxylic acids is 1. The molecule has 7 heteroatoms. The maximum Gasteiger partial charge on any atom is 0.177 e. The topological polar surface area (TPSA) is 61.3 Å². The second-order valence-corrected chi connectivity index (χ2v) is 5.54. The van der Waals surface area contributed by atoms with Crippen LogP contribution in [0, 0.1) is 0 Å². The first kappa shape index (κ1) is 13.8. The quantitative estimate of drug-likeness (QED) is 0.603. The molecule has 0 radical (unpaired) electrons. The fourth-order valence-corrected chi connectivity index (χ4v) is 2.83. The number of Topliss-reactive ketones (excluding diaryl/α,β-unsaturated/α-hetero) is 1. The van der Waals surface area contributed by atoms with Crippen LogP contribution < -0.4 is 9.47 Å². The van der Waals surface area contributed by atoms with E-state index in [4.69, 9.17) is 9.47 Å². The van der Waals surface area contributed by atoms with E-state index in [1.54, 1.807) is 30.8 Å². The van der Waals surface area contributed by atoms with Gasteiger partial charge in [-0.1, -0.05) is 23.1 Å². The Morgan fingerprint density at radius 1 is 1.37 bits per heavy atom. The van der Waals surface area contributed by atoms with Crippen molar-refractivity contribution in [3.8, 4) is 11.5 Å². The predicted octanol–water partition coefficient (Wildman–Crippen LogP) is 2.53. The lowest BCUT2D eigenvalue weighted by Gasteiger charge is -2.09. The van der Waals surface area contributed by atoms with Crippen molar-refractivity contribution in [1.29, 1.82) is 0 Å². The van der Waals surface area contributed by atoms with E-state index < -0.39 is 0 Å². The third-order valence-corrected chi connectivity index (χ3v) is 4.23. The standard InChI is InChI=1S/C12H12N2O3S2/c1-16-8-3-4-11(17-2)9(5-8)10(15)6-18-12-14-13-7-19-12/h3-5,7H,6H2,1-2H3.